The van der Waals surface area contributed by atoms with E-state index in [1.807, 2.05) is 22.9 Å². The summed E-state index contributed by atoms with van der Waals surface area (Å²) in [6.45, 7) is 2.09. The second-order valence-electron chi connectivity index (χ2n) is 5.28. The number of aromatic nitrogens is 4. The largest absolute Gasteiger partial charge is 0.368 e. The Morgan fingerprint density at radius 1 is 1.25 bits per heavy atom. The van der Waals surface area contributed by atoms with Gasteiger partial charge in [0.15, 0.2) is 4.77 Å². The average molecular weight is 380 g/mol. The molecule has 1 aromatic carbocycles. The molecule has 0 spiro atoms. The molecule has 3 N–H and O–H groups in total. The summed E-state index contributed by atoms with van der Waals surface area (Å²) in [5, 5.41) is 1.05. The number of anilines is 1. The summed E-state index contributed by atoms with van der Waals surface area (Å²) in [6.07, 6.45) is 6.03. The molecule has 0 aliphatic rings. The highest BCUT2D eigenvalue weighted by Gasteiger charge is 2.18. The zero-order chi connectivity index (χ0) is 17.3. The van der Waals surface area contributed by atoms with Crippen molar-refractivity contribution in [1.29, 1.82) is 0 Å². The minimum atomic E-state index is 0.00562. The number of nitrogen functional groups attached to an aromatic ring is 1. The molecule has 0 saturated heterocycles. The SMILES string of the molecule is CCC(c1ccc(Cl)c(Cl)c1)n1c(-c2cnc(N)nc2)c[nH]c1=S. The third kappa shape index (κ3) is 3.17. The van der Waals surface area contributed by atoms with Gasteiger partial charge in [-0.2, -0.15) is 0 Å². The molecule has 0 bridgehead atoms. The Hall–Kier alpha value is -1.89. The van der Waals surface area contributed by atoms with Gasteiger partial charge in [-0.15, -0.1) is 0 Å². The Bertz CT molecular complexity index is 917. The Labute approximate surface area is 154 Å². The van der Waals surface area contributed by atoms with Crippen LogP contribution in [-0.2, 0) is 0 Å². The van der Waals surface area contributed by atoms with E-state index in [9.17, 15) is 0 Å². The number of rotatable bonds is 4. The number of benzene rings is 1. The van der Waals surface area contributed by atoms with E-state index in [-0.39, 0.29) is 12.0 Å². The summed E-state index contributed by atoms with van der Waals surface area (Å²) < 4.78 is 2.64. The van der Waals surface area contributed by atoms with E-state index < -0.39 is 0 Å². The van der Waals surface area contributed by atoms with Crippen molar-refractivity contribution in [3.05, 3.63) is 57.2 Å². The molecule has 0 aliphatic carbocycles. The maximum absolute atomic E-state index is 6.18. The highest BCUT2D eigenvalue weighted by atomic mass is 35.5. The van der Waals surface area contributed by atoms with Crippen LogP contribution in [0.1, 0.15) is 24.9 Å². The standard InChI is InChI=1S/C16H15Cl2N5S/c1-2-13(9-3-4-11(17)12(18)5-9)23-14(8-22-16(23)24)10-6-20-15(19)21-7-10/h3-8,13H,2H2,1H3,(H,22,24)(H2,19,20,21). The minimum Gasteiger partial charge on any atom is -0.368 e. The van der Waals surface area contributed by atoms with Crippen molar-refractivity contribution in [1.82, 2.24) is 19.5 Å². The van der Waals surface area contributed by atoms with Crippen molar-refractivity contribution in [3.63, 3.8) is 0 Å². The quantitative estimate of drug-likeness (QED) is 0.632. The average Bonchev–Trinajstić information content (AvgIpc) is 2.94. The summed E-state index contributed by atoms with van der Waals surface area (Å²) in [7, 11) is 0. The topological polar surface area (TPSA) is 72.5 Å². The number of nitrogens with zero attached hydrogens (tertiary/aromatic N) is 3. The third-order valence-corrected chi connectivity index (χ3v) is 4.86. The van der Waals surface area contributed by atoms with Gasteiger partial charge in [0.25, 0.3) is 0 Å². The van der Waals surface area contributed by atoms with Gasteiger partial charge in [-0.1, -0.05) is 36.2 Å². The minimum absolute atomic E-state index is 0.00562. The van der Waals surface area contributed by atoms with E-state index in [2.05, 4.69) is 21.9 Å². The summed E-state index contributed by atoms with van der Waals surface area (Å²) in [4.78, 5) is 11.2. The fraction of sp³-hybridized carbons (Fsp3) is 0.188. The van der Waals surface area contributed by atoms with Crippen LogP contribution in [0.25, 0.3) is 11.3 Å². The van der Waals surface area contributed by atoms with Crippen LogP contribution in [0.15, 0.2) is 36.8 Å². The lowest BCUT2D eigenvalue weighted by atomic mass is 10.0. The zero-order valence-electron chi connectivity index (χ0n) is 12.8. The first-order valence-electron chi connectivity index (χ1n) is 7.34. The molecule has 0 aliphatic heterocycles. The summed E-state index contributed by atoms with van der Waals surface area (Å²) in [5.74, 6) is 0.232. The maximum atomic E-state index is 6.18. The van der Waals surface area contributed by atoms with Gasteiger partial charge in [0.05, 0.1) is 21.8 Å². The molecule has 0 saturated carbocycles. The van der Waals surface area contributed by atoms with Crippen molar-refractivity contribution >= 4 is 41.4 Å². The number of H-pyrrole nitrogens is 1. The lowest BCUT2D eigenvalue weighted by molar-refractivity contribution is 0.565. The molecule has 1 unspecified atom stereocenters. The lowest BCUT2D eigenvalue weighted by Crippen LogP contribution is -2.11. The Kier molecular flexibility index (Phi) is 4.89. The molecule has 1 atom stereocenters. The predicted octanol–water partition coefficient (Wildman–Crippen LogP) is 4.89. The monoisotopic (exact) mass is 379 g/mol. The van der Waals surface area contributed by atoms with Gasteiger partial charge in [0, 0.05) is 24.2 Å². The van der Waals surface area contributed by atoms with Gasteiger partial charge >= 0.3 is 0 Å². The van der Waals surface area contributed by atoms with E-state index in [0.717, 1.165) is 23.2 Å². The van der Waals surface area contributed by atoms with Crippen LogP contribution in [-0.4, -0.2) is 19.5 Å². The van der Waals surface area contributed by atoms with Crippen molar-refractivity contribution < 1.29 is 0 Å². The van der Waals surface area contributed by atoms with Crippen molar-refractivity contribution in [2.24, 2.45) is 0 Å². The Morgan fingerprint density at radius 3 is 2.58 bits per heavy atom. The lowest BCUT2D eigenvalue weighted by Gasteiger charge is -2.20. The van der Waals surface area contributed by atoms with E-state index in [1.54, 1.807) is 18.5 Å². The summed E-state index contributed by atoms with van der Waals surface area (Å²) >= 11 is 17.7. The van der Waals surface area contributed by atoms with Gasteiger partial charge < -0.3 is 15.3 Å². The number of imidazole rings is 1. The van der Waals surface area contributed by atoms with Gasteiger partial charge in [0.1, 0.15) is 0 Å². The molecule has 8 heteroatoms. The van der Waals surface area contributed by atoms with Crippen LogP contribution in [0.2, 0.25) is 10.0 Å². The van der Waals surface area contributed by atoms with Crippen molar-refractivity contribution in [2.75, 3.05) is 5.73 Å². The Morgan fingerprint density at radius 2 is 1.96 bits per heavy atom. The van der Waals surface area contributed by atoms with Crippen molar-refractivity contribution in [3.8, 4) is 11.3 Å². The van der Waals surface area contributed by atoms with E-state index >= 15 is 0 Å². The van der Waals surface area contributed by atoms with Crippen LogP contribution in [0.4, 0.5) is 5.95 Å². The van der Waals surface area contributed by atoms with Crippen LogP contribution in [0.3, 0.4) is 0 Å². The fourth-order valence-electron chi connectivity index (χ4n) is 2.67. The van der Waals surface area contributed by atoms with Gasteiger partial charge in [-0.3, -0.25) is 0 Å². The Balaban J connectivity index is 2.13. The third-order valence-electron chi connectivity index (χ3n) is 3.81. The summed E-state index contributed by atoms with van der Waals surface area (Å²) in [6, 6.07) is 5.63. The first-order valence-corrected chi connectivity index (χ1v) is 8.50. The molecule has 24 heavy (non-hydrogen) atoms. The first-order chi connectivity index (χ1) is 11.5. The molecular weight excluding hydrogens is 365 g/mol. The van der Waals surface area contributed by atoms with Crippen molar-refractivity contribution in [2.45, 2.75) is 19.4 Å². The molecular formula is C16H15Cl2N5S. The van der Waals surface area contributed by atoms with Crippen LogP contribution in [0, 0.1) is 4.77 Å². The number of nitrogens with one attached hydrogen (secondary N) is 1. The van der Waals surface area contributed by atoms with E-state index in [0.29, 0.717) is 14.8 Å². The fourth-order valence-corrected chi connectivity index (χ4v) is 3.26. The molecule has 2 aromatic heterocycles. The smallest absolute Gasteiger partial charge is 0.219 e. The highest BCUT2D eigenvalue weighted by molar-refractivity contribution is 7.71. The van der Waals surface area contributed by atoms with E-state index in [4.69, 9.17) is 41.2 Å². The molecule has 124 valence electrons. The molecule has 2 heterocycles. The number of aromatic amines is 1. The van der Waals surface area contributed by atoms with Crippen LogP contribution < -0.4 is 5.73 Å². The maximum Gasteiger partial charge on any atom is 0.219 e. The molecule has 0 amide bonds. The van der Waals surface area contributed by atoms with Crippen LogP contribution in [0.5, 0.6) is 0 Å². The van der Waals surface area contributed by atoms with E-state index in [1.165, 1.54) is 0 Å². The molecule has 0 radical (unpaired) electrons. The van der Waals surface area contributed by atoms with Gasteiger partial charge in [-0.25, -0.2) is 9.97 Å². The number of hydrogen-bond acceptors (Lipinski definition) is 4. The number of hydrogen-bond donors (Lipinski definition) is 2. The normalized spacial score (nSPS) is 12.3. The second-order valence-corrected chi connectivity index (χ2v) is 6.48. The molecule has 0 fully saturated rings. The second kappa shape index (κ2) is 6.93. The molecule has 3 rings (SSSR count). The number of nitrogens with two attached hydrogens (primary N) is 1. The predicted molar refractivity (Wildman–Crippen MR) is 99.9 cm³/mol. The highest BCUT2D eigenvalue weighted by Crippen LogP contribution is 2.32. The molecule has 5 nitrogen and oxygen atoms in total. The first kappa shape index (κ1) is 17.0. The summed E-state index contributed by atoms with van der Waals surface area (Å²) in [5.41, 5.74) is 8.31. The molecule has 3 aromatic rings. The van der Waals surface area contributed by atoms with Gasteiger partial charge in [0.2, 0.25) is 5.95 Å². The van der Waals surface area contributed by atoms with Gasteiger partial charge in [-0.05, 0) is 36.3 Å². The van der Waals surface area contributed by atoms with Crippen LogP contribution >= 0.6 is 35.4 Å². The number of halogens is 2. The zero-order valence-corrected chi connectivity index (χ0v) is 15.2.